The van der Waals surface area contributed by atoms with Crippen molar-refractivity contribution < 1.29 is 80.2 Å². The zero-order valence-corrected chi connectivity index (χ0v) is 63.2. The average molecular weight is 1380 g/mol. The first-order valence-electron chi connectivity index (χ1n) is 38.9. The van der Waals surface area contributed by atoms with Crippen LogP contribution < -0.4 is 0 Å². The molecule has 0 rings (SSSR count). The van der Waals surface area contributed by atoms with Gasteiger partial charge in [0.25, 0.3) is 0 Å². The topological polar surface area (TPSA) is 237 Å². The molecule has 0 aromatic heterocycles. The predicted octanol–water partition coefficient (Wildman–Crippen LogP) is 21.8. The number of rotatable bonds is 73. The number of unbranched alkanes of at least 4 members (excludes halogenated alkanes) is 40. The molecule has 0 fully saturated rings. The summed E-state index contributed by atoms with van der Waals surface area (Å²) >= 11 is 0. The summed E-state index contributed by atoms with van der Waals surface area (Å²) in [5.41, 5.74) is 0. The fraction of sp³-hybridized carbons (Fsp3) is 0.947. The van der Waals surface area contributed by atoms with Gasteiger partial charge >= 0.3 is 39.5 Å². The molecule has 6 atom stereocenters. The van der Waals surface area contributed by atoms with Crippen LogP contribution >= 0.6 is 15.6 Å². The third-order valence-corrected chi connectivity index (χ3v) is 19.6. The minimum absolute atomic E-state index is 0.104. The van der Waals surface area contributed by atoms with E-state index in [0.717, 1.165) is 108 Å². The van der Waals surface area contributed by atoms with Gasteiger partial charge in [0.1, 0.15) is 19.3 Å². The van der Waals surface area contributed by atoms with E-state index >= 15 is 0 Å². The van der Waals surface area contributed by atoms with Crippen molar-refractivity contribution in [1.82, 2.24) is 0 Å². The monoisotopic (exact) mass is 1380 g/mol. The molecule has 0 radical (unpaired) electrons. The van der Waals surface area contributed by atoms with E-state index in [0.29, 0.717) is 31.6 Å². The molecule has 0 amide bonds. The molecule has 94 heavy (non-hydrogen) atoms. The van der Waals surface area contributed by atoms with Crippen molar-refractivity contribution in [2.75, 3.05) is 39.6 Å². The van der Waals surface area contributed by atoms with Crippen LogP contribution in [0.25, 0.3) is 0 Å². The first kappa shape index (κ1) is 92.1. The van der Waals surface area contributed by atoms with Gasteiger partial charge in [-0.3, -0.25) is 37.3 Å². The molecule has 3 N–H and O–H groups in total. The number of aliphatic hydroxyl groups is 1. The quantitative estimate of drug-likeness (QED) is 0.0222. The van der Waals surface area contributed by atoms with E-state index in [1.54, 1.807) is 0 Å². The number of hydrogen-bond acceptors (Lipinski definition) is 15. The van der Waals surface area contributed by atoms with E-state index in [-0.39, 0.29) is 25.7 Å². The van der Waals surface area contributed by atoms with Crippen LogP contribution in [0.1, 0.15) is 382 Å². The second kappa shape index (κ2) is 65.7. The fourth-order valence-corrected chi connectivity index (χ4v) is 13.0. The largest absolute Gasteiger partial charge is 0.472 e. The van der Waals surface area contributed by atoms with Crippen molar-refractivity contribution in [2.24, 2.45) is 17.8 Å². The van der Waals surface area contributed by atoms with Gasteiger partial charge in [-0.15, -0.1) is 0 Å². The van der Waals surface area contributed by atoms with E-state index in [1.165, 1.54) is 186 Å². The van der Waals surface area contributed by atoms with E-state index in [2.05, 4.69) is 48.5 Å². The van der Waals surface area contributed by atoms with E-state index in [1.807, 2.05) is 0 Å². The van der Waals surface area contributed by atoms with Gasteiger partial charge in [-0.05, 0) is 43.4 Å². The van der Waals surface area contributed by atoms with E-state index in [9.17, 15) is 43.2 Å². The number of phosphoric acid groups is 2. The van der Waals surface area contributed by atoms with Crippen LogP contribution in [0.3, 0.4) is 0 Å². The summed E-state index contributed by atoms with van der Waals surface area (Å²) in [6, 6.07) is 0. The Labute approximate surface area is 575 Å². The van der Waals surface area contributed by atoms with Crippen LogP contribution in [0.4, 0.5) is 0 Å². The van der Waals surface area contributed by atoms with Crippen LogP contribution in [-0.2, 0) is 65.4 Å². The maximum absolute atomic E-state index is 13.1. The van der Waals surface area contributed by atoms with Crippen LogP contribution in [-0.4, -0.2) is 96.7 Å². The second-order valence-corrected chi connectivity index (χ2v) is 31.1. The van der Waals surface area contributed by atoms with Crippen molar-refractivity contribution in [3.63, 3.8) is 0 Å². The summed E-state index contributed by atoms with van der Waals surface area (Å²) in [5, 5.41) is 10.6. The summed E-state index contributed by atoms with van der Waals surface area (Å²) in [7, 11) is -9.91. The minimum Gasteiger partial charge on any atom is -0.462 e. The molecule has 0 spiro atoms. The summed E-state index contributed by atoms with van der Waals surface area (Å²) in [6.07, 6.45) is 51.5. The Morgan fingerprint density at radius 1 is 0.309 bits per heavy atom. The third kappa shape index (κ3) is 67.3. The van der Waals surface area contributed by atoms with Gasteiger partial charge < -0.3 is 33.8 Å². The Balaban J connectivity index is 5.23. The second-order valence-electron chi connectivity index (χ2n) is 28.2. The van der Waals surface area contributed by atoms with Crippen LogP contribution in [0.5, 0.6) is 0 Å². The summed E-state index contributed by atoms with van der Waals surface area (Å²) < 4.78 is 68.5. The molecule has 558 valence electrons. The lowest BCUT2D eigenvalue weighted by atomic mass is 9.99. The molecule has 0 aliphatic rings. The lowest BCUT2D eigenvalue weighted by molar-refractivity contribution is -0.161. The van der Waals surface area contributed by atoms with Crippen LogP contribution in [0.15, 0.2) is 0 Å². The fourth-order valence-electron chi connectivity index (χ4n) is 11.4. The molecule has 0 aromatic carbocycles. The highest BCUT2D eigenvalue weighted by molar-refractivity contribution is 7.47. The standard InChI is InChI=1S/C75H146O17P2/c1-8-10-11-12-13-14-15-16-17-18-19-20-21-22-23-28-36-44-51-58-74(79)91-70(62-85-72(77)56-49-42-35-27-25-24-26-34-41-48-55-68(7)9-2)64-89-93(81,82)87-60-69(76)61-88-94(83,84)90-65-71(63-86-73(78)57-50-43-38-31-33-40-47-54-67(5)6)92-75(80)59-52-45-37-30-29-32-39-46-53-66(3)4/h66-71,76H,8-65H2,1-7H3,(H,81,82)(H,83,84)/t68?,69-,70-,71-/m1/s1. The zero-order valence-electron chi connectivity index (χ0n) is 61.4. The van der Waals surface area contributed by atoms with Gasteiger partial charge in [-0.1, -0.05) is 331 Å². The normalized spacial score (nSPS) is 14.4. The van der Waals surface area contributed by atoms with E-state index in [4.69, 9.17) is 37.0 Å². The number of carbonyl (C=O) groups excluding carboxylic acids is 4. The zero-order chi connectivity index (χ0) is 69.4. The van der Waals surface area contributed by atoms with Gasteiger partial charge in [0.15, 0.2) is 12.2 Å². The average Bonchev–Trinajstić information content (AvgIpc) is 1.81. The molecule has 0 saturated heterocycles. The molecule has 0 aliphatic heterocycles. The maximum Gasteiger partial charge on any atom is 0.472 e. The van der Waals surface area contributed by atoms with Crippen molar-refractivity contribution in [3.05, 3.63) is 0 Å². The van der Waals surface area contributed by atoms with Gasteiger partial charge in [-0.2, -0.15) is 0 Å². The number of phosphoric ester groups is 2. The Morgan fingerprint density at radius 2 is 0.543 bits per heavy atom. The van der Waals surface area contributed by atoms with Crippen LogP contribution in [0.2, 0.25) is 0 Å². The number of ether oxygens (including phenoxy) is 4. The van der Waals surface area contributed by atoms with Gasteiger partial charge in [0.2, 0.25) is 0 Å². The van der Waals surface area contributed by atoms with Crippen molar-refractivity contribution >= 4 is 39.5 Å². The van der Waals surface area contributed by atoms with E-state index < -0.39 is 97.5 Å². The third-order valence-electron chi connectivity index (χ3n) is 17.7. The molecule has 0 heterocycles. The summed E-state index contributed by atoms with van der Waals surface area (Å²) in [5.74, 6) is 0.110. The Bertz CT molecular complexity index is 1840. The molecule has 0 aromatic rings. The van der Waals surface area contributed by atoms with Crippen molar-refractivity contribution in [1.29, 1.82) is 0 Å². The Morgan fingerprint density at radius 3 is 0.809 bits per heavy atom. The number of esters is 4. The molecule has 0 aliphatic carbocycles. The summed E-state index contributed by atoms with van der Waals surface area (Å²) in [6.45, 7) is 11.8. The molecule has 0 bridgehead atoms. The highest BCUT2D eigenvalue weighted by atomic mass is 31.2. The maximum atomic E-state index is 13.1. The van der Waals surface area contributed by atoms with Crippen molar-refractivity contribution in [2.45, 2.75) is 401 Å². The molecule has 19 heteroatoms. The van der Waals surface area contributed by atoms with Gasteiger partial charge in [0, 0.05) is 25.7 Å². The SMILES string of the molecule is CCCCCCCCCCCCCCCCCCCCCC(=O)O[C@H](COC(=O)CCCCCCCCCCCCC(C)CC)COP(=O)(O)OC[C@@H](O)COP(=O)(O)OC[C@@H](COC(=O)CCCCCCCCCC(C)C)OC(=O)CCCCCCCCCCC(C)C. The molecule has 0 saturated carbocycles. The first-order chi connectivity index (χ1) is 45.3. The minimum atomic E-state index is -4.96. The molecular formula is C75H146O17P2. The molecular weight excluding hydrogens is 1230 g/mol. The number of aliphatic hydroxyl groups excluding tert-OH is 1. The highest BCUT2D eigenvalue weighted by Crippen LogP contribution is 2.45. The Hall–Kier alpha value is -1.94. The summed E-state index contributed by atoms with van der Waals surface area (Å²) in [4.78, 5) is 72.7. The predicted molar refractivity (Wildman–Crippen MR) is 381 cm³/mol. The molecule has 17 nitrogen and oxygen atoms in total. The lowest BCUT2D eigenvalue weighted by Gasteiger charge is -2.21. The lowest BCUT2D eigenvalue weighted by Crippen LogP contribution is -2.30. The van der Waals surface area contributed by atoms with Gasteiger partial charge in [0.05, 0.1) is 26.4 Å². The first-order valence-corrected chi connectivity index (χ1v) is 41.9. The van der Waals surface area contributed by atoms with Gasteiger partial charge in [-0.25, -0.2) is 9.13 Å². The smallest absolute Gasteiger partial charge is 0.462 e. The molecule has 3 unspecified atom stereocenters. The van der Waals surface area contributed by atoms with Crippen molar-refractivity contribution in [3.8, 4) is 0 Å². The number of hydrogen-bond donors (Lipinski definition) is 3. The number of carbonyl (C=O) groups is 4. The van der Waals surface area contributed by atoms with Crippen LogP contribution in [0, 0.1) is 17.8 Å². The Kier molecular flexibility index (Phi) is 64.3. The highest BCUT2D eigenvalue weighted by Gasteiger charge is 2.30.